The van der Waals surface area contributed by atoms with Gasteiger partial charge < -0.3 is 20.5 Å². The maximum absolute atomic E-state index is 13.1. The molecule has 0 heterocycles. The Bertz CT molecular complexity index is 1090. The lowest BCUT2D eigenvalue weighted by molar-refractivity contribution is -0.145. The van der Waals surface area contributed by atoms with E-state index in [4.69, 9.17) is 9.84 Å². The molecule has 7 nitrogen and oxygen atoms in total. The van der Waals surface area contributed by atoms with E-state index in [-0.39, 0.29) is 30.3 Å². The zero-order valence-corrected chi connectivity index (χ0v) is 19.3. The summed E-state index contributed by atoms with van der Waals surface area (Å²) in [5.74, 6) is -1.36. The van der Waals surface area contributed by atoms with Crippen LogP contribution in [0.4, 0.5) is 4.79 Å². The zero-order chi connectivity index (χ0) is 23.9. The quantitative estimate of drug-likeness (QED) is 0.572. The van der Waals surface area contributed by atoms with Crippen molar-refractivity contribution in [1.82, 2.24) is 10.6 Å². The number of carboxylic acid groups (broad SMARTS) is 1. The number of aliphatic carboxylic acids is 1. The van der Waals surface area contributed by atoms with Gasteiger partial charge in [0, 0.05) is 12.0 Å². The molecular weight excluding hydrogens is 432 g/mol. The van der Waals surface area contributed by atoms with Crippen molar-refractivity contribution in [3.63, 3.8) is 0 Å². The van der Waals surface area contributed by atoms with Gasteiger partial charge in [0.25, 0.3) is 0 Å². The van der Waals surface area contributed by atoms with Crippen molar-refractivity contribution in [3.8, 4) is 11.1 Å². The number of hydrogen-bond acceptors (Lipinski definition) is 4. The highest BCUT2D eigenvalue weighted by molar-refractivity contribution is 5.92. The number of nitrogens with one attached hydrogen (secondary N) is 2. The molecule has 34 heavy (non-hydrogen) atoms. The first-order chi connectivity index (χ1) is 16.3. The van der Waals surface area contributed by atoms with E-state index in [0.717, 1.165) is 41.5 Å². The molecule has 0 aromatic heterocycles. The summed E-state index contributed by atoms with van der Waals surface area (Å²) >= 11 is 0. The van der Waals surface area contributed by atoms with E-state index < -0.39 is 23.6 Å². The summed E-state index contributed by atoms with van der Waals surface area (Å²) in [6.07, 6.45) is 3.59. The average Bonchev–Trinajstić information content (AvgIpc) is 3.06. The second-order valence-electron chi connectivity index (χ2n) is 10.2. The van der Waals surface area contributed by atoms with Crippen LogP contribution in [0.5, 0.6) is 0 Å². The zero-order valence-electron chi connectivity index (χ0n) is 19.3. The maximum Gasteiger partial charge on any atom is 0.408 e. The Morgan fingerprint density at radius 1 is 1.03 bits per heavy atom. The molecule has 1 atom stereocenters. The van der Waals surface area contributed by atoms with Gasteiger partial charge in [0.2, 0.25) is 5.91 Å². The molecule has 3 aliphatic carbocycles. The third-order valence-corrected chi connectivity index (χ3v) is 7.75. The maximum atomic E-state index is 13.1. The van der Waals surface area contributed by atoms with Crippen LogP contribution in [0.1, 0.15) is 62.5 Å². The van der Waals surface area contributed by atoms with E-state index in [2.05, 4.69) is 34.9 Å². The minimum atomic E-state index is -1.05. The summed E-state index contributed by atoms with van der Waals surface area (Å²) < 4.78 is 5.69. The number of fused-ring (bicyclic) bond motifs is 3. The summed E-state index contributed by atoms with van der Waals surface area (Å²) in [6, 6.07) is 15.8. The topological polar surface area (TPSA) is 105 Å². The number of ether oxygens (including phenoxy) is 1. The molecule has 1 spiro atoms. The number of carbonyl (C=O) groups excluding carboxylic acids is 2. The van der Waals surface area contributed by atoms with E-state index in [0.29, 0.717) is 12.8 Å². The van der Waals surface area contributed by atoms with Crippen LogP contribution >= 0.6 is 0 Å². The second-order valence-corrected chi connectivity index (χ2v) is 10.2. The monoisotopic (exact) mass is 462 g/mol. The number of rotatable bonds is 7. The Morgan fingerprint density at radius 3 is 2.15 bits per heavy atom. The molecule has 2 aromatic carbocycles. The number of carbonyl (C=O) groups is 3. The first-order valence-corrected chi connectivity index (χ1v) is 12.0. The molecule has 2 saturated carbocycles. The highest BCUT2D eigenvalue weighted by Gasteiger charge is 2.61. The Kier molecular flexibility index (Phi) is 5.58. The molecule has 3 aliphatic rings. The van der Waals surface area contributed by atoms with Gasteiger partial charge >= 0.3 is 12.1 Å². The van der Waals surface area contributed by atoms with Gasteiger partial charge in [0.05, 0.1) is 6.42 Å². The number of amides is 2. The average molecular weight is 463 g/mol. The minimum Gasteiger partial charge on any atom is -0.481 e. The van der Waals surface area contributed by atoms with Gasteiger partial charge in [-0.15, -0.1) is 0 Å². The van der Waals surface area contributed by atoms with Crippen molar-refractivity contribution in [2.75, 3.05) is 6.61 Å². The van der Waals surface area contributed by atoms with E-state index in [1.165, 1.54) is 0 Å². The van der Waals surface area contributed by atoms with Crippen molar-refractivity contribution in [2.24, 2.45) is 5.41 Å². The van der Waals surface area contributed by atoms with E-state index in [1.54, 1.807) is 6.92 Å². The van der Waals surface area contributed by atoms with Crippen molar-refractivity contribution < 1.29 is 24.2 Å². The molecule has 7 heteroatoms. The largest absolute Gasteiger partial charge is 0.481 e. The molecule has 0 unspecified atom stereocenters. The van der Waals surface area contributed by atoms with Crippen LogP contribution in [0, 0.1) is 5.41 Å². The lowest BCUT2D eigenvalue weighted by Crippen LogP contribution is -2.71. The summed E-state index contributed by atoms with van der Waals surface area (Å²) in [7, 11) is 0. The molecule has 3 N–H and O–H groups in total. The Labute approximate surface area is 198 Å². The van der Waals surface area contributed by atoms with Crippen molar-refractivity contribution in [3.05, 3.63) is 59.7 Å². The van der Waals surface area contributed by atoms with Gasteiger partial charge in [-0.3, -0.25) is 9.59 Å². The molecular formula is C27H30N2O5. The molecule has 0 radical (unpaired) electrons. The SMILES string of the molecule is C[C@@H](CC(=O)O)NC(=O)C1(NC(=O)OCC2c3ccccc3-c3ccccc32)CC2(CCC2)C1. The lowest BCUT2D eigenvalue weighted by Gasteiger charge is -2.59. The highest BCUT2D eigenvalue weighted by Crippen LogP contribution is 2.60. The van der Waals surface area contributed by atoms with Crippen molar-refractivity contribution in [2.45, 2.75) is 62.9 Å². The van der Waals surface area contributed by atoms with Crippen LogP contribution < -0.4 is 10.6 Å². The fourth-order valence-corrected chi connectivity index (χ4v) is 6.07. The number of benzene rings is 2. The minimum absolute atomic E-state index is 0.0575. The fraction of sp³-hybridized carbons (Fsp3) is 0.444. The standard InChI is InChI=1S/C27H30N2O5/c1-17(13-23(30)31)28-24(32)27(15-26(16-27)11-6-12-26)29-25(33)34-14-22-20-9-4-2-7-18(20)19-8-3-5-10-21(19)22/h2-5,7-10,17,22H,6,11-16H2,1H3,(H,28,32)(H,29,33)(H,30,31)/t17-/m0/s1. The summed E-state index contributed by atoms with van der Waals surface area (Å²) in [6.45, 7) is 1.84. The first-order valence-electron chi connectivity index (χ1n) is 12.0. The van der Waals surface area contributed by atoms with Gasteiger partial charge in [-0.2, -0.15) is 0 Å². The molecule has 0 aliphatic heterocycles. The van der Waals surface area contributed by atoms with Gasteiger partial charge in [0.15, 0.2) is 0 Å². The Hall–Kier alpha value is -3.35. The van der Waals surface area contributed by atoms with Crippen LogP contribution in [0.3, 0.4) is 0 Å². The number of carboxylic acids is 1. The van der Waals surface area contributed by atoms with Crippen molar-refractivity contribution >= 4 is 18.0 Å². The van der Waals surface area contributed by atoms with E-state index >= 15 is 0 Å². The molecule has 5 rings (SSSR count). The number of alkyl carbamates (subject to hydrolysis) is 1. The highest BCUT2D eigenvalue weighted by atomic mass is 16.5. The predicted molar refractivity (Wildman–Crippen MR) is 126 cm³/mol. The number of hydrogen-bond donors (Lipinski definition) is 3. The van der Waals surface area contributed by atoms with Crippen LogP contribution in [0.15, 0.2) is 48.5 Å². The van der Waals surface area contributed by atoms with Crippen LogP contribution in [0.2, 0.25) is 0 Å². The van der Waals surface area contributed by atoms with Gasteiger partial charge in [-0.1, -0.05) is 55.0 Å². The lowest BCUT2D eigenvalue weighted by atomic mass is 9.48. The fourth-order valence-electron chi connectivity index (χ4n) is 6.07. The summed E-state index contributed by atoms with van der Waals surface area (Å²) in [5, 5.41) is 14.7. The molecule has 2 amide bonds. The molecule has 0 bridgehead atoms. The van der Waals surface area contributed by atoms with Gasteiger partial charge in [-0.05, 0) is 60.3 Å². The molecule has 178 valence electrons. The van der Waals surface area contributed by atoms with E-state index in [9.17, 15) is 14.4 Å². The summed E-state index contributed by atoms with van der Waals surface area (Å²) in [5.41, 5.74) is 3.63. The smallest absolute Gasteiger partial charge is 0.408 e. The molecule has 2 aromatic rings. The van der Waals surface area contributed by atoms with E-state index in [1.807, 2.05) is 24.3 Å². The normalized spacial score (nSPS) is 19.7. The first kappa shape index (κ1) is 22.4. The Morgan fingerprint density at radius 2 is 1.62 bits per heavy atom. The third-order valence-electron chi connectivity index (χ3n) is 7.75. The third kappa shape index (κ3) is 3.93. The van der Waals surface area contributed by atoms with Gasteiger partial charge in [0.1, 0.15) is 12.1 Å². The van der Waals surface area contributed by atoms with Crippen LogP contribution in [-0.2, 0) is 14.3 Å². The molecule has 2 fully saturated rings. The van der Waals surface area contributed by atoms with Crippen LogP contribution in [-0.4, -0.2) is 41.3 Å². The second kappa shape index (κ2) is 8.46. The summed E-state index contributed by atoms with van der Waals surface area (Å²) in [4.78, 5) is 37.0. The van der Waals surface area contributed by atoms with Crippen LogP contribution in [0.25, 0.3) is 11.1 Å². The van der Waals surface area contributed by atoms with Crippen molar-refractivity contribution in [1.29, 1.82) is 0 Å². The van der Waals surface area contributed by atoms with Gasteiger partial charge in [-0.25, -0.2) is 4.79 Å². The Balaban J connectivity index is 1.27. The molecule has 0 saturated heterocycles. The predicted octanol–water partition coefficient (Wildman–Crippen LogP) is 4.21.